The summed E-state index contributed by atoms with van der Waals surface area (Å²) >= 11 is 0. The summed E-state index contributed by atoms with van der Waals surface area (Å²) in [5.41, 5.74) is 2.21. The SMILES string of the molecule is N#CC(=Cc1c[nH]c2cc(C(=O)O)ccc12)c1nnc2n1CCCCC2. The number of nitriles is 1. The second-order valence-corrected chi connectivity index (χ2v) is 6.38. The molecule has 2 aromatic heterocycles. The van der Waals surface area contributed by atoms with Gasteiger partial charge in [-0.05, 0) is 31.1 Å². The zero-order valence-corrected chi connectivity index (χ0v) is 14.1. The number of aromatic nitrogens is 4. The number of allylic oxidation sites excluding steroid dienone is 1. The smallest absolute Gasteiger partial charge is 0.335 e. The van der Waals surface area contributed by atoms with E-state index in [2.05, 4.69) is 21.3 Å². The number of rotatable bonds is 3. The highest BCUT2D eigenvalue weighted by molar-refractivity contribution is 5.99. The van der Waals surface area contributed by atoms with E-state index in [4.69, 9.17) is 5.11 Å². The second-order valence-electron chi connectivity index (χ2n) is 6.38. The molecular weight excluding hydrogens is 330 g/mol. The number of nitrogens with one attached hydrogen (secondary N) is 1. The van der Waals surface area contributed by atoms with Gasteiger partial charge < -0.3 is 14.7 Å². The molecule has 3 heterocycles. The Kier molecular flexibility index (Phi) is 4.01. The fourth-order valence-electron chi connectivity index (χ4n) is 3.39. The number of H-pyrrole nitrogens is 1. The Morgan fingerprint density at radius 1 is 1.31 bits per heavy atom. The zero-order chi connectivity index (χ0) is 18.1. The third-order valence-corrected chi connectivity index (χ3v) is 4.73. The quantitative estimate of drug-likeness (QED) is 0.707. The average Bonchev–Trinajstić information content (AvgIpc) is 3.15. The summed E-state index contributed by atoms with van der Waals surface area (Å²) in [6.07, 6.45) is 7.74. The molecule has 0 saturated carbocycles. The van der Waals surface area contributed by atoms with Crippen molar-refractivity contribution in [3.63, 3.8) is 0 Å². The van der Waals surface area contributed by atoms with Gasteiger partial charge in [0.2, 0.25) is 0 Å². The van der Waals surface area contributed by atoms with Gasteiger partial charge in [-0.1, -0.05) is 12.5 Å². The predicted molar refractivity (Wildman–Crippen MR) is 96.3 cm³/mol. The number of aromatic amines is 1. The minimum Gasteiger partial charge on any atom is -0.478 e. The molecule has 0 unspecified atom stereocenters. The summed E-state index contributed by atoms with van der Waals surface area (Å²) in [6.45, 7) is 0.826. The second kappa shape index (κ2) is 6.48. The topological polar surface area (TPSA) is 108 Å². The normalized spacial score (nSPS) is 14.7. The Morgan fingerprint density at radius 3 is 3.00 bits per heavy atom. The van der Waals surface area contributed by atoms with Crippen LogP contribution in [-0.4, -0.2) is 30.8 Å². The van der Waals surface area contributed by atoms with Crippen LogP contribution in [0.15, 0.2) is 24.4 Å². The first-order valence-electron chi connectivity index (χ1n) is 8.56. The van der Waals surface area contributed by atoms with E-state index in [1.165, 1.54) is 0 Å². The highest BCUT2D eigenvalue weighted by Crippen LogP contribution is 2.26. The van der Waals surface area contributed by atoms with Crippen molar-refractivity contribution in [3.05, 3.63) is 47.2 Å². The first-order valence-corrected chi connectivity index (χ1v) is 8.56. The number of carbonyl (C=O) groups is 1. The van der Waals surface area contributed by atoms with E-state index in [-0.39, 0.29) is 5.56 Å². The van der Waals surface area contributed by atoms with Crippen molar-refractivity contribution >= 4 is 28.5 Å². The van der Waals surface area contributed by atoms with Crippen molar-refractivity contribution in [2.24, 2.45) is 0 Å². The van der Waals surface area contributed by atoms with Gasteiger partial charge >= 0.3 is 5.97 Å². The molecule has 0 fully saturated rings. The highest BCUT2D eigenvalue weighted by Gasteiger charge is 2.18. The number of fused-ring (bicyclic) bond motifs is 2. The number of aromatic carboxylic acids is 1. The van der Waals surface area contributed by atoms with Gasteiger partial charge in [-0.25, -0.2) is 4.79 Å². The molecule has 0 atom stereocenters. The molecule has 0 radical (unpaired) electrons. The van der Waals surface area contributed by atoms with Crippen LogP contribution in [0.25, 0.3) is 22.6 Å². The van der Waals surface area contributed by atoms with E-state index in [1.54, 1.807) is 30.5 Å². The Hall–Kier alpha value is -3.40. The lowest BCUT2D eigenvalue weighted by atomic mass is 10.1. The largest absolute Gasteiger partial charge is 0.478 e. The molecule has 7 heteroatoms. The Bertz CT molecular complexity index is 1070. The minimum atomic E-state index is -0.970. The molecule has 0 amide bonds. The lowest BCUT2D eigenvalue weighted by Gasteiger charge is -2.05. The fraction of sp³-hybridized carbons (Fsp3) is 0.263. The van der Waals surface area contributed by atoms with Crippen LogP contribution in [0.3, 0.4) is 0 Å². The molecule has 2 N–H and O–H groups in total. The minimum absolute atomic E-state index is 0.221. The molecule has 3 aromatic rings. The van der Waals surface area contributed by atoms with Crippen LogP contribution in [0.1, 0.15) is 46.8 Å². The third-order valence-electron chi connectivity index (χ3n) is 4.73. The molecule has 4 rings (SSSR count). The third kappa shape index (κ3) is 2.75. The number of carboxylic acids is 1. The molecule has 0 spiro atoms. The van der Waals surface area contributed by atoms with Gasteiger partial charge in [0.25, 0.3) is 0 Å². The summed E-state index contributed by atoms with van der Waals surface area (Å²) in [5, 5.41) is 28.1. The van der Waals surface area contributed by atoms with Crippen LogP contribution >= 0.6 is 0 Å². The molecule has 0 aliphatic carbocycles. The molecule has 1 aromatic carbocycles. The van der Waals surface area contributed by atoms with Gasteiger partial charge in [0, 0.05) is 35.6 Å². The van der Waals surface area contributed by atoms with Gasteiger partial charge in [0.15, 0.2) is 5.82 Å². The van der Waals surface area contributed by atoms with Gasteiger partial charge in [-0.2, -0.15) is 5.26 Å². The number of hydrogen-bond acceptors (Lipinski definition) is 4. The van der Waals surface area contributed by atoms with Crippen LogP contribution in [0.2, 0.25) is 0 Å². The van der Waals surface area contributed by atoms with Gasteiger partial charge in [0.05, 0.1) is 11.1 Å². The van der Waals surface area contributed by atoms with Crippen LogP contribution in [0, 0.1) is 11.3 Å². The van der Waals surface area contributed by atoms with Crippen molar-refractivity contribution in [1.82, 2.24) is 19.7 Å². The van der Waals surface area contributed by atoms with E-state index >= 15 is 0 Å². The van der Waals surface area contributed by atoms with E-state index in [9.17, 15) is 10.1 Å². The Labute approximate surface area is 149 Å². The van der Waals surface area contributed by atoms with E-state index in [0.29, 0.717) is 16.9 Å². The first kappa shape index (κ1) is 16.1. The molecule has 7 nitrogen and oxygen atoms in total. The lowest BCUT2D eigenvalue weighted by Crippen LogP contribution is -2.05. The standard InChI is InChI=1S/C19H17N5O2/c20-10-13(18-23-22-17-4-2-1-3-7-24(17)18)8-14-11-21-16-9-12(19(25)26)5-6-15(14)16/h5-6,8-9,11,21H,1-4,7H2,(H,25,26). The molecule has 0 saturated heterocycles. The van der Waals surface area contributed by atoms with Gasteiger partial charge in [0.1, 0.15) is 11.9 Å². The maximum Gasteiger partial charge on any atom is 0.335 e. The average molecular weight is 347 g/mol. The monoisotopic (exact) mass is 347 g/mol. The summed E-state index contributed by atoms with van der Waals surface area (Å²) in [5.74, 6) is 0.562. The van der Waals surface area contributed by atoms with Crippen molar-refractivity contribution < 1.29 is 9.90 Å². The summed E-state index contributed by atoms with van der Waals surface area (Å²) in [6, 6.07) is 7.14. The first-order chi connectivity index (χ1) is 12.7. The van der Waals surface area contributed by atoms with E-state index < -0.39 is 5.97 Å². The van der Waals surface area contributed by atoms with Crippen molar-refractivity contribution in [2.75, 3.05) is 0 Å². The van der Waals surface area contributed by atoms with Gasteiger partial charge in [-0.3, -0.25) is 0 Å². The van der Waals surface area contributed by atoms with Crippen molar-refractivity contribution in [3.8, 4) is 6.07 Å². The number of nitrogens with zero attached hydrogens (tertiary/aromatic N) is 4. The van der Waals surface area contributed by atoms with E-state index in [1.807, 2.05) is 4.57 Å². The molecule has 26 heavy (non-hydrogen) atoms. The summed E-state index contributed by atoms with van der Waals surface area (Å²) in [4.78, 5) is 14.2. The Morgan fingerprint density at radius 2 is 2.19 bits per heavy atom. The lowest BCUT2D eigenvalue weighted by molar-refractivity contribution is 0.0697. The fourth-order valence-corrected chi connectivity index (χ4v) is 3.39. The summed E-state index contributed by atoms with van der Waals surface area (Å²) in [7, 11) is 0. The number of carboxylic acid groups (broad SMARTS) is 1. The number of aryl methyl sites for hydroxylation is 1. The molecule has 1 aliphatic heterocycles. The molecule has 0 bridgehead atoms. The number of benzene rings is 1. The van der Waals surface area contributed by atoms with Crippen molar-refractivity contribution in [1.29, 1.82) is 5.26 Å². The van der Waals surface area contributed by atoms with Crippen molar-refractivity contribution in [2.45, 2.75) is 32.2 Å². The molecular formula is C19H17N5O2. The highest BCUT2D eigenvalue weighted by atomic mass is 16.4. The van der Waals surface area contributed by atoms with Crippen LogP contribution in [-0.2, 0) is 13.0 Å². The maximum absolute atomic E-state index is 11.1. The van der Waals surface area contributed by atoms with Crippen LogP contribution < -0.4 is 0 Å². The molecule has 1 aliphatic rings. The van der Waals surface area contributed by atoms with Gasteiger partial charge in [-0.15, -0.1) is 10.2 Å². The number of hydrogen-bond donors (Lipinski definition) is 2. The van der Waals surface area contributed by atoms with Crippen LogP contribution in [0.4, 0.5) is 0 Å². The maximum atomic E-state index is 11.1. The van der Waals surface area contributed by atoms with E-state index in [0.717, 1.165) is 49.0 Å². The Balaban J connectivity index is 1.77. The molecule has 130 valence electrons. The predicted octanol–water partition coefficient (Wildman–Crippen LogP) is 3.25. The van der Waals surface area contributed by atoms with Crippen LogP contribution in [0.5, 0.6) is 0 Å². The zero-order valence-electron chi connectivity index (χ0n) is 14.1. The summed E-state index contributed by atoms with van der Waals surface area (Å²) < 4.78 is 2.04.